The second-order valence-electron chi connectivity index (χ2n) is 8.60. The summed E-state index contributed by atoms with van der Waals surface area (Å²) in [6, 6.07) is -0.252. The van der Waals surface area contributed by atoms with Gasteiger partial charge in [-0.15, -0.1) is 0 Å². The molecule has 0 spiro atoms. The lowest BCUT2D eigenvalue weighted by molar-refractivity contribution is -0.139. The van der Waals surface area contributed by atoms with Crippen molar-refractivity contribution in [2.24, 2.45) is 0 Å². The maximum Gasteiger partial charge on any atom is 0.317 e. The first-order valence-corrected chi connectivity index (χ1v) is 13.2. The van der Waals surface area contributed by atoms with Gasteiger partial charge in [-0.1, -0.05) is 13.8 Å². The predicted octanol–water partition coefficient (Wildman–Crippen LogP) is -2.98. The summed E-state index contributed by atoms with van der Waals surface area (Å²) in [6.07, 6.45) is 0.370. The molecule has 2 amide bonds. The number of rotatable bonds is 26. The number of aliphatic hydroxyl groups excluding tert-OH is 3. The summed E-state index contributed by atoms with van der Waals surface area (Å²) >= 11 is 0. The maximum absolute atomic E-state index is 12.4. The molecule has 0 saturated carbocycles. The van der Waals surface area contributed by atoms with Crippen molar-refractivity contribution in [1.29, 1.82) is 0 Å². The highest BCUT2D eigenvalue weighted by Gasteiger charge is 2.24. The van der Waals surface area contributed by atoms with Crippen LogP contribution in [-0.2, 0) is 23.9 Å². The van der Waals surface area contributed by atoms with Crippen molar-refractivity contribution in [2.45, 2.75) is 26.3 Å². The Morgan fingerprint density at radius 2 is 1.29 bits per heavy atom. The molecule has 6 N–H and O–H groups in total. The minimum atomic E-state index is -0.986. The largest absolute Gasteiger partial charge is 0.480 e. The molecule has 14 heteroatoms. The van der Waals surface area contributed by atoms with E-state index in [2.05, 4.69) is 10.6 Å². The quantitative estimate of drug-likeness (QED) is 0.0601. The van der Waals surface area contributed by atoms with Crippen molar-refractivity contribution >= 4 is 17.8 Å². The normalized spacial score (nSPS) is 12.3. The summed E-state index contributed by atoms with van der Waals surface area (Å²) < 4.78 is 10.3. The average molecular weight is 552 g/mol. The highest BCUT2D eigenvalue weighted by atomic mass is 16.5. The van der Waals surface area contributed by atoms with E-state index in [9.17, 15) is 24.6 Å². The lowest BCUT2D eigenvalue weighted by Crippen LogP contribution is -2.50. The summed E-state index contributed by atoms with van der Waals surface area (Å²) in [4.78, 5) is 41.8. The number of carbonyl (C=O) groups excluding carboxylic acids is 2. The van der Waals surface area contributed by atoms with Crippen LogP contribution in [0.15, 0.2) is 0 Å². The molecule has 0 bridgehead atoms. The molecule has 0 fully saturated rings. The van der Waals surface area contributed by atoms with Crippen LogP contribution in [-0.4, -0.2) is 171 Å². The Morgan fingerprint density at radius 3 is 1.76 bits per heavy atom. The lowest BCUT2D eigenvalue weighted by atomic mass is 10.1. The average Bonchev–Trinajstić information content (AvgIpc) is 2.88. The number of hydrogen-bond acceptors (Lipinski definition) is 11. The third kappa shape index (κ3) is 19.2. The van der Waals surface area contributed by atoms with Gasteiger partial charge >= 0.3 is 5.97 Å². The Bertz CT molecular complexity index is 630. The SMILES string of the molecule is CCN(CCN(CC(=O)O)CC(CCO)N(CC)CC(=O)NCCOCCO)CC(=O)NCCOCCO. The number of likely N-dealkylation sites (N-methyl/N-ethyl adjacent to an activating group) is 2. The Kier molecular flexibility index (Phi) is 22.9. The van der Waals surface area contributed by atoms with Crippen molar-refractivity contribution in [2.75, 3.05) is 112 Å². The van der Waals surface area contributed by atoms with Crippen LogP contribution in [0.4, 0.5) is 0 Å². The molecule has 224 valence electrons. The molecule has 38 heavy (non-hydrogen) atoms. The fraction of sp³-hybridized carbons (Fsp3) is 0.875. The smallest absolute Gasteiger partial charge is 0.317 e. The Labute approximate surface area is 225 Å². The van der Waals surface area contributed by atoms with Gasteiger partial charge in [0.25, 0.3) is 0 Å². The van der Waals surface area contributed by atoms with Crippen molar-refractivity contribution < 1.29 is 44.3 Å². The number of carboxylic acid groups (broad SMARTS) is 1. The maximum atomic E-state index is 12.4. The van der Waals surface area contributed by atoms with Crippen LogP contribution in [0.2, 0.25) is 0 Å². The Balaban J connectivity index is 4.94. The Hall–Kier alpha value is -1.91. The summed E-state index contributed by atoms with van der Waals surface area (Å²) in [7, 11) is 0. The number of carboxylic acids is 1. The minimum Gasteiger partial charge on any atom is -0.480 e. The van der Waals surface area contributed by atoms with Crippen LogP contribution in [0, 0.1) is 0 Å². The third-order valence-electron chi connectivity index (χ3n) is 5.71. The van der Waals surface area contributed by atoms with E-state index in [1.165, 1.54) is 0 Å². The molecule has 14 nitrogen and oxygen atoms in total. The van der Waals surface area contributed by atoms with Crippen LogP contribution in [0.5, 0.6) is 0 Å². The molecule has 0 aliphatic carbocycles. The van der Waals surface area contributed by atoms with E-state index in [0.717, 1.165) is 0 Å². The molecule has 1 unspecified atom stereocenters. The van der Waals surface area contributed by atoms with Gasteiger partial charge in [0.1, 0.15) is 0 Å². The number of aliphatic carboxylic acids is 1. The molecule has 0 aromatic heterocycles. The van der Waals surface area contributed by atoms with E-state index in [0.29, 0.717) is 58.8 Å². The van der Waals surface area contributed by atoms with E-state index in [4.69, 9.17) is 19.7 Å². The summed E-state index contributed by atoms with van der Waals surface area (Å²) in [5.41, 5.74) is 0. The van der Waals surface area contributed by atoms with Crippen molar-refractivity contribution in [3.8, 4) is 0 Å². The third-order valence-corrected chi connectivity index (χ3v) is 5.71. The standard InChI is InChI=1S/C24H49N5O9/c1-3-27(18-22(33)25-6-13-37-15-11-31)8-9-28(20-24(35)36)17-21(5-10-30)29(4-2)19-23(34)26-7-14-38-16-12-32/h21,30-32H,3-20H2,1-2H3,(H,25,33)(H,26,34)(H,35,36). The molecular weight excluding hydrogens is 502 g/mol. The van der Waals surface area contributed by atoms with Gasteiger partial charge < -0.3 is 40.5 Å². The Morgan fingerprint density at radius 1 is 0.737 bits per heavy atom. The van der Waals surface area contributed by atoms with Crippen molar-refractivity contribution in [3.63, 3.8) is 0 Å². The van der Waals surface area contributed by atoms with E-state index >= 15 is 0 Å². The van der Waals surface area contributed by atoms with Gasteiger partial charge in [-0.2, -0.15) is 0 Å². The number of hydrogen-bond donors (Lipinski definition) is 6. The molecule has 0 aliphatic rings. The number of nitrogens with zero attached hydrogens (tertiary/aromatic N) is 3. The fourth-order valence-electron chi connectivity index (χ4n) is 3.75. The van der Waals surface area contributed by atoms with Crippen molar-refractivity contribution in [1.82, 2.24) is 25.3 Å². The van der Waals surface area contributed by atoms with E-state index in [1.807, 2.05) is 23.6 Å². The zero-order chi connectivity index (χ0) is 28.6. The van der Waals surface area contributed by atoms with Crippen LogP contribution >= 0.6 is 0 Å². The molecule has 0 saturated heterocycles. The van der Waals surface area contributed by atoms with Gasteiger partial charge in [0, 0.05) is 45.4 Å². The molecule has 0 heterocycles. The van der Waals surface area contributed by atoms with Crippen LogP contribution in [0.3, 0.4) is 0 Å². The lowest BCUT2D eigenvalue weighted by Gasteiger charge is -2.34. The van der Waals surface area contributed by atoms with E-state index in [-0.39, 0.29) is 77.1 Å². The van der Waals surface area contributed by atoms with Gasteiger partial charge in [-0.05, 0) is 19.5 Å². The predicted molar refractivity (Wildman–Crippen MR) is 141 cm³/mol. The molecule has 0 aromatic carbocycles. The molecule has 0 radical (unpaired) electrons. The van der Waals surface area contributed by atoms with Crippen molar-refractivity contribution in [3.05, 3.63) is 0 Å². The van der Waals surface area contributed by atoms with E-state index in [1.54, 1.807) is 4.90 Å². The summed E-state index contributed by atoms with van der Waals surface area (Å²) in [5, 5.41) is 42.0. The minimum absolute atomic E-state index is 0.0751. The van der Waals surface area contributed by atoms with Crippen LogP contribution in [0.25, 0.3) is 0 Å². The number of nitrogens with one attached hydrogen (secondary N) is 2. The topological polar surface area (TPSA) is 184 Å². The van der Waals surface area contributed by atoms with Crippen LogP contribution < -0.4 is 10.6 Å². The summed E-state index contributed by atoms with van der Waals surface area (Å²) in [5.74, 6) is -1.37. The zero-order valence-corrected chi connectivity index (χ0v) is 23.0. The zero-order valence-electron chi connectivity index (χ0n) is 23.0. The number of ether oxygens (including phenoxy) is 2. The van der Waals surface area contributed by atoms with Gasteiger partial charge in [0.05, 0.1) is 59.3 Å². The second-order valence-corrected chi connectivity index (χ2v) is 8.60. The van der Waals surface area contributed by atoms with Crippen LogP contribution in [0.1, 0.15) is 20.3 Å². The van der Waals surface area contributed by atoms with Gasteiger partial charge in [-0.3, -0.25) is 29.1 Å². The fourth-order valence-corrected chi connectivity index (χ4v) is 3.75. The molecule has 1 atom stereocenters. The van der Waals surface area contributed by atoms with E-state index < -0.39 is 5.97 Å². The highest BCUT2D eigenvalue weighted by molar-refractivity contribution is 5.78. The van der Waals surface area contributed by atoms with Gasteiger partial charge in [0.2, 0.25) is 11.8 Å². The second kappa shape index (κ2) is 24.2. The van der Waals surface area contributed by atoms with Gasteiger partial charge in [-0.25, -0.2) is 0 Å². The molecule has 0 aromatic rings. The molecular formula is C24H49N5O9. The molecule has 0 rings (SSSR count). The number of amides is 2. The van der Waals surface area contributed by atoms with Gasteiger partial charge in [0.15, 0.2) is 0 Å². The number of carbonyl (C=O) groups is 3. The summed E-state index contributed by atoms with van der Waals surface area (Å²) in [6.45, 7) is 7.55. The number of aliphatic hydroxyl groups is 3. The highest BCUT2D eigenvalue weighted by Crippen LogP contribution is 2.08. The first kappa shape index (κ1) is 36.1. The molecule has 0 aliphatic heterocycles. The monoisotopic (exact) mass is 551 g/mol. The first-order chi connectivity index (χ1) is 18.3. The first-order valence-electron chi connectivity index (χ1n) is 13.2.